The molecule has 0 saturated carbocycles. The number of benzene rings is 2. The summed E-state index contributed by atoms with van der Waals surface area (Å²) in [5.74, 6) is -0.386. The molecule has 3 aromatic rings. The zero-order valence-electron chi connectivity index (χ0n) is 24.4. The number of carbonyl (C=O) groups is 1. The first-order chi connectivity index (χ1) is 21.3. The van der Waals surface area contributed by atoms with Crippen LogP contribution in [0, 0.1) is 11.3 Å². The van der Waals surface area contributed by atoms with Gasteiger partial charge in [0.15, 0.2) is 0 Å². The molecule has 0 spiro atoms. The number of hydrogen-bond donors (Lipinski definition) is 0. The van der Waals surface area contributed by atoms with Crippen LogP contribution in [-0.4, -0.2) is 38.4 Å². The second kappa shape index (κ2) is 12.7. The number of nitriles is 1. The molecule has 0 N–H and O–H groups in total. The minimum absolute atomic E-state index is 0.0174. The number of tetrazole rings is 1. The number of amides is 1. The maximum absolute atomic E-state index is 13.9. The minimum atomic E-state index is -5.17. The van der Waals surface area contributed by atoms with Crippen molar-refractivity contribution in [3.63, 3.8) is 0 Å². The molecule has 0 aliphatic carbocycles. The second-order valence-corrected chi connectivity index (χ2v) is 10.7. The maximum atomic E-state index is 13.9. The van der Waals surface area contributed by atoms with Crippen LogP contribution in [0.3, 0.4) is 0 Å². The van der Waals surface area contributed by atoms with Gasteiger partial charge in [0.25, 0.3) is 5.95 Å². The Kier molecular flexibility index (Phi) is 9.46. The summed E-state index contributed by atoms with van der Waals surface area (Å²) in [6.45, 7) is 3.64. The Bertz CT molecular complexity index is 1580. The van der Waals surface area contributed by atoms with Gasteiger partial charge in [0.05, 0.1) is 40.6 Å². The van der Waals surface area contributed by atoms with E-state index >= 15 is 0 Å². The number of anilines is 2. The summed E-state index contributed by atoms with van der Waals surface area (Å²) in [6, 6.07) is 3.26. The van der Waals surface area contributed by atoms with Crippen LogP contribution >= 0.6 is 0 Å². The van der Waals surface area contributed by atoms with Gasteiger partial charge in [-0.1, -0.05) is 12.0 Å². The number of ether oxygens (including phenoxy) is 1. The van der Waals surface area contributed by atoms with E-state index in [9.17, 15) is 44.3 Å². The fraction of sp³-hybridized carbons (Fsp3) is 0.464. The zero-order valence-corrected chi connectivity index (χ0v) is 24.4. The van der Waals surface area contributed by atoms with Gasteiger partial charge in [-0.25, -0.2) is 4.79 Å². The SMILES string of the molecule is CC[C@@H]1C[C@H](N(Cc2cc(C(F)(F)F)cc(C(F)(F)F)c2)c2nnn(CC#N)n2)c2cc(C(F)(F)F)ccc2N1C(=O)OC(C)C. The number of nitrogens with zero attached hydrogens (tertiary/aromatic N) is 7. The predicted molar refractivity (Wildman–Crippen MR) is 143 cm³/mol. The van der Waals surface area contributed by atoms with Crippen molar-refractivity contribution in [1.29, 1.82) is 5.26 Å². The first-order valence-corrected chi connectivity index (χ1v) is 13.7. The number of hydrogen-bond acceptors (Lipinski definition) is 7. The number of aromatic nitrogens is 4. The van der Waals surface area contributed by atoms with Gasteiger partial charge in [0.2, 0.25) is 0 Å². The van der Waals surface area contributed by atoms with Crippen LogP contribution in [-0.2, 0) is 36.4 Å². The number of halogens is 9. The Hall–Kier alpha value is -4.56. The van der Waals surface area contributed by atoms with Crippen molar-refractivity contribution in [2.75, 3.05) is 9.80 Å². The highest BCUT2D eigenvalue weighted by atomic mass is 19.4. The van der Waals surface area contributed by atoms with E-state index in [1.54, 1.807) is 26.8 Å². The van der Waals surface area contributed by atoms with E-state index < -0.39 is 78.2 Å². The summed E-state index contributed by atoms with van der Waals surface area (Å²) in [6.07, 6.45) is -16.6. The summed E-state index contributed by atoms with van der Waals surface area (Å²) < 4.78 is 129. The molecule has 2 atom stereocenters. The van der Waals surface area contributed by atoms with Gasteiger partial charge in [-0.05, 0) is 79.4 Å². The molecule has 0 bridgehead atoms. The first kappa shape index (κ1) is 34.3. The molecule has 1 aromatic heterocycles. The van der Waals surface area contributed by atoms with Crippen LogP contribution in [0.1, 0.15) is 67.5 Å². The molecular formula is C28H26F9N7O2. The standard InChI is InChI=1S/C28H26F9N7O2/c1-4-20-13-23(21-12-17(26(29,30)31)5-6-22(21)44(20)25(45)46-15(2)3)42(24-39-41-43(40-24)8-7-38)14-16-9-18(27(32,33)34)11-19(10-16)28(35,36)37/h5-6,9-12,15,20,23H,4,8,13-14H2,1-3H3/t20-,23+/m1/s1. The van der Waals surface area contributed by atoms with E-state index in [0.717, 1.165) is 27.9 Å². The van der Waals surface area contributed by atoms with Gasteiger partial charge < -0.3 is 9.64 Å². The summed E-state index contributed by atoms with van der Waals surface area (Å²) >= 11 is 0. The van der Waals surface area contributed by atoms with E-state index in [2.05, 4.69) is 15.4 Å². The molecule has 248 valence electrons. The summed E-state index contributed by atoms with van der Waals surface area (Å²) in [7, 11) is 0. The fourth-order valence-corrected chi connectivity index (χ4v) is 5.16. The van der Waals surface area contributed by atoms with E-state index in [4.69, 9.17) is 10.00 Å². The Morgan fingerprint density at radius 2 is 1.61 bits per heavy atom. The molecule has 0 fully saturated rings. The zero-order chi connectivity index (χ0) is 34.2. The maximum Gasteiger partial charge on any atom is 0.416 e. The smallest absolute Gasteiger partial charge is 0.416 e. The third-order valence-corrected chi connectivity index (χ3v) is 7.13. The number of alkyl halides is 9. The summed E-state index contributed by atoms with van der Waals surface area (Å²) in [5, 5.41) is 20.6. The van der Waals surface area contributed by atoms with Crippen LogP contribution in [0.2, 0.25) is 0 Å². The predicted octanol–water partition coefficient (Wildman–Crippen LogP) is 7.53. The number of fused-ring (bicyclic) bond motifs is 1. The highest BCUT2D eigenvalue weighted by Crippen LogP contribution is 2.46. The lowest BCUT2D eigenvalue weighted by Crippen LogP contribution is -2.48. The van der Waals surface area contributed by atoms with Gasteiger partial charge >= 0.3 is 24.6 Å². The van der Waals surface area contributed by atoms with E-state index in [1.807, 2.05) is 0 Å². The van der Waals surface area contributed by atoms with Crippen molar-refractivity contribution in [3.8, 4) is 6.07 Å². The Morgan fingerprint density at radius 1 is 1.00 bits per heavy atom. The van der Waals surface area contributed by atoms with E-state index in [0.29, 0.717) is 12.1 Å². The monoisotopic (exact) mass is 663 g/mol. The largest absolute Gasteiger partial charge is 0.446 e. The normalized spacial score (nSPS) is 17.1. The molecule has 0 radical (unpaired) electrons. The van der Waals surface area contributed by atoms with Crippen molar-refractivity contribution in [2.24, 2.45) is 0 Å². The number of carbonyl (C=O) groups excluding carboxylic acids is 1. The molecule has 9 nitrogen and oxygen atoms in total. The molecule has 4 rings (SSSR count). The highest BCUT2D eigenvalue weighted by molar-refractivity contribution is 5.90. The lowest BCUT2D eigenvalue weighted by Gasteiger charge is -2.44. The molecule has 1 aliphatic rings. The third-order valence-electron chi connectivity index (χ3n) is 7.13. The van der Waals surface area contributed by atoms with Crippen molar-refractivity contribution in [2.45, 2.75) is 83.4 Å². The van der Waals surface area contributed by atoms with Crippen molar-refractivity contribution in [1.82, 2.24) is 20.2 Å². The molecule has 2 heterocycles. The summed E-state index contributed by atoms with van der Waals surface area (Å²) in [4.78, 5) is 16.3. The molecule has 18 heteroatoms. The van der Waals surface area contributed by atoms with Gasteiger partial charge in [-0.3, -0.25) is 4.90 Å². The molecule has 46 heavy (non-hydrogen) atoms. The quantitative estimate of drug-likeness (QED) is 0.241. The average Bonchev–Trinajstić information content (AvgIpc) is 3.41. The highest BCUT2D eigenvalue weighted by Gasteiger charge is 2.43. The summed E-state index contributed by atoms with van der Waals surface area (Å²) in [5.41, 5.74) is -4.99. The van der Waals surface area contributed by atoms with Gasteiger partial charge in [0.1, 0.15) is 6.54 Å². The topological polar surface area (TPSA) is 100 Å². The minimum Gasteiger partial charge on any atom is -0.446 e. The number of rotatable bonds is 7. The van der Waals surface area contributed by atoms with Crippen molar-refractivity contribution >= 4 is 17.7 Å². The second-order valence-electron chi connectivity index (χ2n) is 10.7. The Morgan fingerprint density at radius 3 is 2.13 bits per heavy atom. The molecule has 0 saturated heterocycles. The molecule has 2 aromatic carbocycles. The fourth-order valence-electron chi connectivity index (χ4n) is 5.16. The Balaban J connectivity index is 1.96. The lowest BCUT2D eigenvalue weighted by molar-refractivity contribution is -0.143. The molecule has 0 unspecified atom stereocenters. The van der Waals surface area contributed by atoms with Crippen LogP contribution < -0.4 is 9.80 Å². The first-order valence-electron chi connectivity index (χ1n) is 13.7. The lowest BCUT2D eigenvalue weighted by atomic mass is 9.87. The van der Waals surface area contributed by atoms with Gasteiger partial charge in [-0.15, -0.1) is 9.90 Å². The average molecular weight is 664 g/mol. The van der Waals surface area contributed by atoms with E-state index in [1.165, 1.54) is 4.90 Å². The van der Waals surface area contributed by atoms with Crippen molar-refractivity contribution < 1.29 is 49.0 Å². The van der Waals surface area contributed by atoms with Crippen LogP contribution in [0.5, 0.6) is 0 Å². The van der Waals surface area contributed by atoms with Crippen LogP contribution in [0.25, 0.3) is 0 Å². The van der Waals surface area contributed by atoms with Crippen LogP contribution in [0.4, 0.5) is 55.9 Å². The Labute approximate surface area is 256 Å². The van der Waals surface area contributed by atoms with E-state index in [-0.39, 0.29) is 36.1 Å². The van der Waals surface area contributed by atoms with Crippen LogP contribution in [0.15, 0.2) is 36.4 Å². The molecule has 1 aliphatic heterocycles. The van der Waals surface area contributed by atoms with Crippen molar-refractivity contribution in [3.05, 3.63) is 64.2 Å². The van der Waals surface area contributed by atoms with Gasteiger partial charge in [0, 0.05) is 12.6 Å². The molecular weight excluding hydrogens is 637 g/mol. The van der Waals surface area contributed by atoms with Gasteiger partial charge in [-0.2, -0.15) is 44.8 Å². The molecule has 1 amide bonds. The third kappa shape index (κ3) is 7.45.